The number of fused-ring (bicyclic) bond motifs is 1. The molecule has 0 amide bonds. The van der Waals surface area contributed by atoms with E-state index in [4.69, 9.17) is 9.47 Å². The summed E-state index contributed by atoms with van der Waals surface area (Å²) >= 11 is 0. The summed E-state index contributed by atoms with van der Waals surface area (Å²) in [4.78, 5) is 10.2. The number of nitrogens with one attached hydrogen (secondary N) is 1. The lowest BCUT2D eigenvalue weighted by Crippen LogP contribution is -2.25. The summed E-state index contributed by atoms with van der Waals surface area (Å²) in [5, 5.41) is 0. The Hall–Kier alpha value is -1.85. The Morgan fingerprint density at radius 1 is 1.42 bits per heavy atom. The predicted octanol–water partition coefficient (Wildman–Crippen LogP) is 3.09. The van der Waals surface area contributed by atoms with Crippen molar-refractivity contribution in [2.24, 2.45) is 0 Å². The molecule has 1 fully saturated rings. The van der Waals surface area contributed by atoms with Crippen molar-refractivity contribution < 1.29 is 9.47 Å². The summed E-state index contributed by atoms with van der Waals surface area (Å²) < 4.78 is 11.6. The van der Waals surface area contributed by atoms with Crippen molar-refractivity contribution in [2.75, 3.05) is 13.7 Å². The zero-order valence-corrected chi connectivity index (χ0v) is 14.6. The maximum Gasteiger partial charge on any atom is 0.123 e. The van der Waals surface area contributed by atoms with E-state index in [0.717, 1.165) is 37.5 Å². The van der Waals surface area contributed by atoms with Gasteiger partial charge < -0.3 is 14.5 Å². The molecule has 1 saturated heterocycles. The van der Waals surface area contributed by atoms with E-state index >= 15 is 0 Å². The van der Waals surface area contributed by atoms with Gasteiger partial charge in [0.25, 0.3) is 0 Å². The highest BCUT2D eigenvalue weighted by molar-refractivity contribution is 5.41. The summed E-state index contributed by atoms with van der Waals surface area (Å²) in [7, 11) is 1.79. The van der Waals surface area contributed by atoms with Crippen molar-refractivity contribution in [1.29, 1.82) is 0 Å². The Labute approximate surface area is 143 Å². The van der Waals surface area contributed by atoms with Crippen LogP contribution >= 0.6 is 0 Å². The van der Waals surface area contributed by atoms with Crippen LogP contribution in [0.15, 0.2) is 30.6 Å². The molecule has 2 aliphatic rings. The van der Waals surface area contributed by atoms with E-state index in [-0.39, 0.29) is 17.7 Å². The zero-order chi connectivity index (χ0) is 16.7. The van der Waals surface area contributed by atoms with E-state index in [9.17, 15) is 0 Å². The molecule has 128 valence electrons. The van der Waals surface area contributed by atoms with Crippen molar-refractivity contribution >= 4 is 0 Å². The number of hydrogen-bond acceptors (Lipinski definition) is 4. The molecule has 1 aromatic heterocycles. The number of aromatic nitrogens is 2. The number of aromatic amines is 1. The standard InChI is InChI=1S/C19H25N3O2/c1-19(2)10-14-8-13(4-5-17(14)24-19)11-22-12-15(23-3)9-16(22)18-20-6-7-21-18/h4-8,15-16H,9-12H2,1-3H3,(H,20,21)/t15-,16?/m1/s1. The monoisotopic (exact) mass is 327 g/mol. The van der Waals surface area contributed by atoms with Crippen LogP contribution in [0.1, 0.15) is 43.3 Å². The SMILES string of the molecule is CO[C@@H]1CC(c2ncc[nH]2)N(Cc2ccc3c(c2)CC(C)(C)O3)C1. The molecule has 2 aliphatic heterocycles. The molecule has 0 aliphatic carbocycles. The van der Waals surface area contributed by atoms with E-state index in [1.165, 1.54) is 11.1 Å². The molecular weight excluding hydrogens is 302 g/mol. The molecule has 0 bridgehead atoms. The third kappa shape index (κ3) is 2.94. The van der Waals surface area contributed by atoms with Gasteiger partial charge in [0.2, 0.25) is 0 Å². The summed E-state index contributed by atoms with van der Waals surface area (Å²) in [5.74, 6) is 2.06. The Kier molecular flexibility index (Phi) is 3.85. The first-order valence-corrected chi connectivity index (χ1v) is 8.61. The highest BCUT2D eigenvalue weighted by Gasteiger charge is 2.35. The normalized spacial score (nSPS) is 25.6. The molecule has 1 N–H and O–H groups in total. The van der Waals surface area contributed by atoms with Gasteiger partial charge in [-0.1, -0.05) is 12.1 Å². The molecule has 1 aromatic carbocycles. The maximum absolute atomic E-state index is 5.99. The molecule has 0 radical (unpaired) electrons. The number of imidazole rings is 1. The lowest BCUT2D eigenvalue weighted by Gasteiger charge is -2.22. The first-order valence-electron chi connectivity index (χ1n) is 8.61. The van der Waals surface area contributed by atoms with E-state index in [1.807, 2.05) is 12.4 Å². The van der Waals surface area contributed by atoms with Crippen molar-refractivity contribution in [3.63, 3.8) is 0 Å². The summed E-state index contributed by atoms with van der Waals surface area (Å²) in [6, 6.07) is 6.87. The van der Waals surface area contributed by atoms with Crippen LogP contribution in [-0.4, -0.2) is 40.2 Å². The quantitative estimate of drug-likeness (QED) is 0.937. The predicted molar refractivity (Wildman–Crippen MR) is 92.0 cm³/mol. The van der Waals surface area contributed by atoms with Crippen LogP contribution in [0.4, 0.5) is 0 Å². The Morgan fingerprint density at radius 2 is 2.29 bits per heavy atom. The van der Waals surface area contributed by atoms with Crippen LogP contribution in [0.25, 0.3) is 0 Å². The fourth-order valence-corrected chi connectivity index (χ4v) is 3.95. The number of methoxy groups -OCH3 is 1. The largest absolute Gasteiger partial charge is 0.487 e. The van der Waals surface area contributed by atoms with Gasteiger partial charge in [-0.05, 0) is 37.5 Å². The molecule has 4 rings (SSSR count). The van der Waals surface area contributed by atoms with Crippen LogP contribution < -0.4 is 4.74 Å². The molecule has 5 nitrogen and oxygen atoms in total. The molecule has 2 atom stereocenters. The number of rotatable bonds is 4. The van der Waals surface area contributed by atoms with Gasteiger partial charge in [0.05, 0.1) is 12.1 Å². The topological polar surface area (TPSA) is 50.4 Å². The molecule has 0 spiro atoms. The van der Waals surface area contributed by atoms with Gasteiger partial charge in [-0.3, -0.25) is 4.90 Å². The number of ether oxygens (including phenoxy) is 2. The fraction of sp³-hybridized carbons (Fsp3) is 0.526. The number of H-pyrrole nitrogens is 1. The van der Waals surface area contributed by atoms with Crippen LogP contribution in [0, 0.1) is 0 Å². The highest BCUT2D eigenvalue weighted by atomic mass is 16.5. The molecule has 3 heterocycles. The second-order valence-corrected chi connectivity index (χ2v) is 7.49. The third-order valence-corrected chi connectivity index (χ3v) is 5.05. The first kappa shape index (κ1) is 15.7. The number of likely N-dealkylation sites (tertiary alicyclic amines) is 1. The van der Waals surface area contributed by atoms with Gasteiger partial charge in [-0.15, -0.1) is 0 Å². The van der Waals surface area contributed by atoms with Gasteiger partial charge in [0, 0.05) is 39.0 Å². The van der Waals surface area contributed by atoms with E-state index in [1.54, 1.807) is 7.11 Å². The smallest absolute Gasteiger partial charge is 0.123 e. The van der Waals surface area contributed by atoms with Crippen LogP contribution in [0.2, 0.25) is 0 Å². The summed E-state index contributed by atoms with van der Waals surface area (Å²) in [5.41, 5.74) is 2.55. The van der Waals surface area contributed by atoms with E-state index in [0.29, 0.717) is 0 Å². The maximum atomic E-state index is 5.99. The van der Waals surface area contributed by atoms with Crippen molar-refractivity contribution in [3.8, 4) is 5.75 Å². The molecule has 2 aromatic rings. The van der Waals surface area contributed by atoms with Crippen molar-refractivity contribution in [2.45, 2.75) is 51.0 Å². The summed E-state index contributed by atoms with van der Waals surface area (Å²) in [6.07, 6.45) is 5.92. The van der Waals surface area contributed by atoms with Gasteiger partial charge in [-0.25, -0.2) is 4.98 Å². The van der Waals surface area contributed by atoms with Crippen LogP contribution in [0.3, 0.4) is 0 Å². The second kappa shape index (κ2) is 5.90. The highest BCUT2D eigenvalue weighted by Crippen LogP contribution is 2.37. The number of nitrogens with zero attached hydrogens (tertiary/aromatic N) is 2. The average molecular weight is 327 g/mol. The van der Waals surface area contributed by atoms with E-state index in [2.05, 4.69) is 46.9 Å². The Morgan fingerprint density at radius 3 is 3.04 bits per heavy atom. The first-order chi connectivity index (χ1) is 11.5. The summed E-state index contributed by atoms with van der Waals surface area (Å²) in [6.45, 7) is 6.12. The second-order valence-electron chi connectivity index (χ2n) is 7.49. The molecular formula is C19H25N3O2. The number of hydrogen-bond donors (Lipinski definition) is 1. The van der Waals surface area contributed by atoms with Gasteiger partial charge in [-0.2, -0.15) is 0 Å². The lowest BCUT2D eigenvalue weighted by atomic mass is 10.00. The minimum atomic E-state index is -0.0908. The Bertz CT molecular complexity index is 711. The molecule has 24 heavy (non-hydrogen) atoms. The third-order valence-electron chi connectivity index (χ3n) is 5.05. The molecule has 0 saturated carbocycles. The van der Waals surface area contributed by atoms with E-state index < -0.39 is 0 Å². The fourth-order valence-electron chi connectivity index (χ4n) is 3.95. The van der Waals surface area contributed by atoms with Gasteiger partial charge in [0.1, 0.15) is 17.2 Å². The lowest BCUT2D eigenvalue weighted by molar-refractivity contribution is 0.107. The minimum Gasteiger partial charge on any atom is -0.487 e. The average Bonchev–Trinajstić information content (AvgIpc) is 3.23. The number of benzene rings is 1. The molecule has 5 heteroatoms. The van der Waals surface area contributed by atoms with Crippen molar-refractivity contribution in [3.05, 3.63) is 47.5 Å². The van der Waals surface area contributed by atoms with Crippen LogP contribution in [-0.2, 0) is 17.7 Å². The van der Waals surface area contributed by atoms with Gasteiger partial charge in [0.15, 0.2) is 0 Å². The Balaban J connectivity index is 1.54. The zero-order valence-electron chi connectivity index (χ0n) is 14.6. The van der Waals surface area contributed by atoms with Gasteiger partial charge >= 0.3 is 0 Å². The minimum absolute atomic E-state index is 0.0908. The van der Waals surface area contributed by atoms with Crippen LogP contribution in [0.5, 0.6) is 5.75 Å². The molecule has 1 unspecified atom stereocenters. The van der Waals surface area contributed by atoms with Crippen molar-refractivity contribution in [1.82, 2.24) is 14.9 Å².